The van der Waals surface area contributed by atoms with Gasteiger partial charge < -0.3 is 20.5 Å². The van der Waals surface area contributed by atoms with Gasteiger partial charge in [-0.2, -0.15) is 0 Å². The van der Waals surface area contributed by atoms with Crippen LogP contribution in [0.4, 0.5) is 0 Å². The van der Waals surface area contributed by atoms with Crippen LogP contribution in [0, 0.1) is 0 Å². The van der Waals surface area contributed by atoms with E-state index in [-0.39, 0.29) is 29.7 Å². The number of carbonyl (C=O) groups excluding carboxylic acids is 1. The van der Waals surface area contributed by atoms with Crippen LogP contribution < -0.4 is 10.6 Å². The molecular formula is C14H30N2O3. The van der Waals surface area contributed by atoms with Crippen LogP contribution in [0.2, 0.25) is 0 Å². The van der Waals surface area contributed by atoms with E-state index >= 15 is 0 Å². The minimum absolute atomic E-state index is 0.0727. The number of aliphatic hydroxyl groups excluding tert-OH is 1. The summed E-state index contributed by atoms with van der Waals surface area (Å²) in [6.07, 6.45) is -0.621. The second-order valence-corrected chi connectivity index (χ2v) is 6.95. The van der Waals surface area contributed by atoms with Crippen LogP contribution in [0.15, 0.2) is 0 Å². The summed E-state index contributed by atoms with van der Waals surface area (Å²) >= 11 is 0. The monoisotopic (exact) mass is 274 g/mol. The lowest BCUT2D eigenvalue weighted by molar-refractivity contribution is -0.124. The summed E-state index contributed by atoms with van der Waals surface area (Å²) < 4.78 is 5.47. The van der Waals surface area contributed by atoms with Crippen LogP contribution in [-0.4, -0.2) is 47.5 Å². The first-order valence-corrected chi connectivity index (χ1v) is 6.78. The van der Waals surface area contributed by atoms with Crippen molar-refractivity contribution in [1.82, 2.24) is 10.6 Å². The number of aliphatic hydroxyl groups is 1. The molecular weight excluding hydrogens is 244 g/mol. The first-order valence-electron chi connectivity index (χ1n) is 6.78. The molecule has 0 aromatic heterocycles. The summed E-state index contributed by atoms with van der Waals surface area (Å²) in [5.74, 6) is -0.0727. The van der Waals surface area contributed by atoms with E-state index in [4.69, 9.17) is 4.74 Å². The molecule has 0 radical (unpaired) electrons. The van der Waals surface area contributed by atoms with Crippen molar-refractivity contribution >= 4 is 5.91 Å². The van der Waals surface area contributed by atoms with Crippen molar-refractivity contribution in [3.8, 4) is 0 Å². The topological polar surface area (TPSA) is 70.6 Å². The Morgan fingerprint density at radius 3 is 2.16 bits per heavy atom. The molecule has 1 amide bonds. The molecule has 0 fully saturated rings. The Bertz CT molecular complexity index is 279. The highest BCUT2D eigenvalue weighted by atomic mass is 16.5. The molecule has 5 nitrogen and oxygen atoms in total. The van der Waals surface area contributed by atoms with Crippen LogP contribution in [-0.2, 0) is 9.53 Å². The van der Waals surface area contributed by atoms with Crippen molar-refractivity contribution in [2.75, 3.05) is 13.2 Å². The van der Waals surface area contributed by atoms with Gasteiger partial charge in [-0.15, -0.1) is 0 Å². The van der Waals surface area contributed by atoms with Crippen LogP contribution in [0.3, 0.4) is 0 Å². The van der Waals surface area contributed by atoms with Crippen molar-refractivity contribution in [2.24, 2.45) is 0 Å². The van der Waals surface area contributed by atoms with Crippen LogP contribution in [0.5, 0.6) is 0 Å². The summed E-state index contributed by atoms with van der Waals surface area (Å²) in [6.45, 7) is 14.0. The number of hydrogen-bond donors (Lipinski definition) is 3. The van der Waals surface area contributed by atoms with Crippen molar-refractivity contribution < 1.29 is 14.6 Å². The molecule has 2 unspecified atom stereocenters. The van der Waals surface area contributed by atoms with E-state index in [0.717, 1.165) is 0 Å². The van der Waals surface area contributed by atoms with Crippen LogP contribution in [0.1, 0.15) is 48.5 Å². The van der Waals surface area contributed by atoms with Crippen molar-refractivity contribution in [3.63, 3.8) is 0 Å². The quantitative estimate of drug-likeness (QED) is 0.677. The van der Waals surface area contributed by atoms with Gasteiger partial charge in [0.2, 0.25) is 5.91 Å². The first-order chi connectivity index (χ1) is 8.41. The number of rotatable bonds is 6. The Kier molecular flexibility index (Phi) is 6.97. The van der Waals surface area contributed by atoms with Gasteiger partial charge in [0, 0.05) is 12.1 Å². The van der Waals surface area contributed by atoms with Gasteiger partial charge in [-0.05, 0) is 48.5 Å². The average molecular weight is 274 g/mol. The fourth-order valence-corrected chi connectivity index (χ4v) is 1.29. The summed E-state index contributed by atoms with van der Waals surface area (Å²) in [6, 6.07) is -0.344. The lowest BCUT2D eigenvalue weighted by atomic mass is 10.1. The second kappa shape index (κ2) is 7.22. The fraction of sp³-hybridized carbons (Fsp3) is 0.929. The normalized spacial score (nSPS) is 16.0. The Balaban J connectivity index is 3.96. The highest BCUT2D eigenvalue weighted by Gasteiger charge is 2.20. The van der Waals surface area contributed by atoms with Gasteiger partial charge in [0.25, 0.3) is 0 Å². The van der Waals surface area contributed by atoms with Crippen LogP contribution in [0.25, 0.3) is 0 Å². The number of amides is 1. The third-order valence-corrected chi connectivity index (χ3v) is 2.26. The molecule has 2 atom stereocenters. The minimum Gasteiger partial charge on any atom is -0.389 e. The second-order valence-electron chi connectivity index (χ2n) is 6.95. The zero-order valence-electron chi connectivity index (χ0n) is 13.3. The van der Waals surface area contributed by atoms with E-state index < -0.39 is 6.10 Å². The zero-order chi connectivity index (χ0) is 15.3. The summed E-state index contributed by atoms with van der Waals surface area (Å²) in [5.41, 5.74) is -0.517. The van der Waals surface area contributed by atoms with E-state index in [9.17, 15) is 9.90 Å². The molecule has 0 saturated heterocycles. The van der Waals surface area contributed by atoms with Crippen molar-refractivity contribution in [3.05, 3.63) is 0 Å². The molecule has 0 aromatic carbocycles. The number of nitrogens with one attached hydrogen (secondary N) is 2. The average Bonchev–Trinajstić information content (AvgIpc) is 2.19. The van der Waals surface area contributed by atoms with Crippen LogP contribution >= 0.6 is 0 Å². The van der Waals surface area contributed by atoms with E-state index in [0.29, 0.717) is 6.54 Å². The van der Waals surface area contributed by atoms with E-state index in [1.165, 1.54) is 0 Å². The third-order valence-electron chi connectivity index (χ3n) is 2.26. The standard InChI is InChI=1S/C14H30N2O3/c1-10(12(18)16-13(2,3)4)15-8-11(17)9-19-14(5,6)7/h10-11,15,17H,8-9H2,1-7H3,(H,16,18). The first kappa shape index (κ1) is 18.4. The molecule has 0 aromatic rings. The van der Waals surface area contributed by atoms with Gasteiger partial charge in [-0.25, -0.2) is 0 Å². The number of hydrogen-bond acceptors (Lipinski definition) is 4. The highest BCUT2D eigenvalue weighted by molar-refractivity contribution is 5.81. The number of ether oxygens (including phenoxy) is 1. The molecule has 114 valence electrons. The van der Waals surface area contributed by atoms with Gasteiger partial charge >= 0.3 is 0 Å². The van der Waals surface area contributed by atoms with Gasteiger partial charge in [0.05, 0.1) is 24.4 Å². The predicted octanol–water partition coefficient (Wildman–Crippen LogP) is 1.06. The van der Waals surface area contributed by atoms with Gasteiger partial charge in [-0.1, -0.05) is 0 Å². The maximum Gasteiger partial charge on any atom is 0.237 e. The Labute approximate surface area is 117 Å². The van der Waals surface area contributed by atoms with E-state index in [2.05, 4.69) is 10.6 Å². The smallest absolute Gasteiger partial charge is 0.237 e. The molecule has 0 saturated carbocycles. The van der Waals surface area contributed by atoms with E-state index in [1.807, 2.05) is 41.5 Å². The predicted molar refractivity (Wildman–Crippen MR) is 77.1 cm³/mol. The molecule has 0 heterocycles. The minimum atomic E-state index is -0.621. The summed E-state index contributed by atoms with van der Waals surface area (Å²) in [4.78, 5) is 11.8. The molecule has 0 bridgehead atoms. The SMILES string of the molecule is CC(NCC(O)COC(C)(C)C)C(=O)NC(C)(C)C. The molecule has 0 aliphatic rings. The summed E-state index contributed by atoms with van der Waals surface area (Å²) in [5, 5.41) is 15.6. The molecule has 3 N–H and O–H groups in total. The van der Waals surface area contributed by atoms with Gasteiger partial charge in [-0.3, -0.25) is 4.79 Å². The lowest BCUT2D eigenvalue weighted by Gasteiger charge is -2.25. The van der Waals surface area contributed by atoms with Gasteiger partial charge in [0.1, 0.15) is 0 Å². The largest absolute Gasteiger partial charge is 0.389 e. The molecule has 0 aliphatic carbocycles. The molecule has 19 heavy (non-hydrogen) atoms. The number of carbonyl (C=O) groups is 1. The molecule has 0 spiro atoms. The fourth-order valence-electron chi connectivity index (χ4n) is 1.29. The zero-order valence-corrected chi connectivity index (χ0v) is 13.3. The Morgan fingerprint density at radius 1 is 1.21 bits per heavy atom. The molecule has 0 rings (SSSR count). The highest BCUT2D eigenvalue weighted by Crippen LogP contribution is 2.06. The Hall–Kier alpha value is -0.650. The van der Waals surface area contributed by atoms with Gasteiger partial charge in [0.15, 0.2) is 0 Å². The Morgan fingerprint density at radius 2 is 1.74 bits per heavy atom. The summed E-state index contributed by atoms with van der Waals surface area (Å²) in [7, 11) is 0. The van der Waals surface area contributed by atoms with Crippen molar-refractivity contribution in [1.29, 1.82) is 0 Å². The lowest BCUT2D eigenvalue weighted by Crippen LogP contribution is -2.51. The molecule has 5 heteroatoms. The maximum absolute atomic E-state index is 11.8. The molecule has 0 aliphatic heterocycles. The van der Waals surface area contributed by atoms with Crippen molar-refractivity contribution in [2.45, 2.75) is 71.8 Å². The maximum atomic E-state index is 11.8. The van der Waals surface area contributed by atoms with E-state index in [1.54, 1.807) is 6.92 Å². The third kappa shape index (κ3) is 10.9.